The van der Waals surface area contributed by atoms with Crippen LogP contribution in [0.25, 0.3) is 0 Å². The van der Waals surface area contributed by atoms with E-state index in [0.717, 1.165) is 6.07 Å². The maximum atomic E-state index is 13.6. The Morgan fingerprint density at radius 3 is 2.39 bits per heavy atom. The summed E-state index contributed by atoms with van der Waals surface area (Å²) in [5.74, 6) is 0.711. The number of alkyl halides is 6. The van der Waals surface area contributed by atoms with Gasteiger partial charge in [-0.05, 0) is 38.0 Å². The van der Waals surface area contributed by atoms with Gasteiger partial charge in [0.2, 0.25) is 5.88 Å². The number of aromatic nitrogens is 2. The van der Waals surface area contributed by atoms with Gasteiger partial charge >= 0.3 is 12.4 Å². The Bertz CT molecular complexity index is 946. The van der Waals surface area contributed by atoms with Crippen LogP contribution in [0.15, 0.2) is 18.2 Å². The third-order valence-corrected chi connectivity index (χ3v) is 4.91. The Balaban J connectivity index is 2.07. The second-order valence-corrected chi connectivity index (χ2v) is 7.11. The zero-order chi connectivity index (χ0) is 23.0. The molecular weight excluding hydrogens is 428 g/mol. The fraction of sp³-hybridized carbons (Fsp3) is 0.500. The quantitative estimate of drug-likeness (QED) is 0.559. The van der Waals surface area contributed by atoms with E-state index >= 15 is 0 Å². The van der Waals surface area contributed by atoms with E-state index in [1.165, 1.54) is 12.0 Å². The number of hydrogen-bond donors (Lipinski definition) is 0. The topological polar surface area (TPSA) is 47.5 Å². The number of hydrogen-bond acceptors (Lipinski definition) is 5. The summed E-state index contributed by atoms with van der Waals surface area (Å²) in [5.41, 5.74) is -2.63. The summed E-state index contributed by atoms with van der Waals surface area (Å²) >= 11 is 0. The van der Waals surface area contributed by atoms with Gasteiger partial charge in [0.05, 0.1) is 29.0 Å². The second-order valence-electron chi connectivity index (χ2n) is 7.11. The fourth-order valence-electron chi connectivity index (χ4n) is 3.41. The number of anilines is 2. The minimum Gasteiger partial charge on any atom is -0.472 e. The number of fused-ring (bicyclic) bond motifs is 1. The molecule has 0 N–H and O–H groups in total. The Morgan fingerprint density at radius 2 is 1.81 bits per heavy atom. The first-order valence-electron chi connectivity index (χ1n) is 9.54. The molecule has 0 saturated carbocycles. The molecule has 1 unspecified atom stereocenters. The molecule has 1 aromatic heterocycles. The van der Waals surface area contributed by atoms with E-state index in [0.29, 0.717) is 24.7 Å². The van der Waals surface area contributed by atoms with E-state index in [-0.39, 0.29) is 42.7 Å². The first-order chi connectivity index (χ1) is 14.5. The highest BCUT2D eigenvalue weighted by molar-refractivity contribution is 5.71. The molecule has 5 nitrogen and oxygen atoms in total. The molecule has 31 heavy (non-hydrogen) atoms. The van der Waals surface area contributed by atoms with Crippen molar-refractivity contribution in [3.63, 3.8) is 0 Å². The summed E-state index contributed by atoms with van der Waals surface area (Å²) < 4.78 is 90.9. The molecule has 3 rings (SSSR count). The molecule has 2 heterocycles. The van der Waals surface area contributed by atoms with Crippen molar-refractivity contribution >= 4 is 11.5 Å². The molecule has 0 bridgehead atoms. The predicted octanol–water partition coefficient (Wildman–Crippen LogP) is 5.32. The highest BCUT2D eigenvalue weighted by atomic mass is 19.4. The first kappa shape index (κ1) is 23.1. The van der Waals surface area contributed by atoms with Crippen LogP contribution in [0.2, 0.25) is 0 Å². The summed E-state index contributed by atoms with van der Waals surface area (Å²) in [5, 5.41) is 0. The number of rotatable bonds is 6. The van der Waals surface area contributed by atoms with E-state index in [2.05, 4.69) is 9.97 Å². The van der Waals surface area contributed by atoms with Crippen LogP contribution >= 0.6 is 0 Å². The standard InChI is InChI=1S/C20H21F6N3O2/c1-4-13(10-30-3)31-18-14-7-8-29(17(14)27-11(2)28-18)16-6-5-12(19(21,22)23)9-15(16)20(24,25)26/h5-6,9,13H,4,7-8,10H2,1-3H3. The molecule has 0 spiro atoms. The molecule has 11 heteroatoms. The summed E-state index contributed by atoms with van der Waals surface area (Å²) in [6.45, 7) is 3.86. The average Bonchev–Trinajstić information content (AvgIpc) is 3.09. The molecular formula is C20H21F6N3O2. The van der Waals surface area contributed by atoms with Crippen LogP contribution in [0.4, 0.5) is 37.8 Å². The smallest absolute Gasteiger partial charge is 0.418 e. The lowest BCUT2D eigenvalue weighted by Crippen LogP contribution is -2.23. The predicted molar refractivity (Wildman–Crippen MR) is 101 cm³/mol. The normalized spacial score (nSPS) is 15.2. The summed E-state index contributed by atoms with van der Waals surface area (Å²) in [6, 6.07) is 1.60. The molecule has 0 saturated heterocycles. The minimum absolute atomic E-state index is 0.0966. The number of aryl methyl sites for hydroxylation is 1. The van der Waals surface area contributed by atoms with Crippen molar-refractivity contribution in [2.75, 3.05) is 25.2 Å². The van der Waals surface area contributed by atoms with Crippen LogP contribution in [-0.4, -0.2) is 36.3 Å². The first-order valence-corrected chi connectivity index (χ1v) is 9.54. The van der Waals surface area contributed by atoms with Gasteiger partial charge in [-0.3, -0.25) is 0 Å². The van der Waals surface area contributed by atoms with E-state index in [1.54, 1.807) is 6.92 Å². The number of nitrogens with zero attached hydrogens (tertiary/aromatic N) is 3. The Morgan fingerprint density at radius 1 is 1.10 bits per heavy atom. The SMILES string of the molecule is CCC(COC)Oc1nc(C)nc2c1CCN2c1ccc(C(F)(F)F)cc1C(F)(F)F. The van der Waals surface area contributed by atoms with Crippen molar-refractivity contribution in [2.24, 2.45) is 0 Å². The zero-order valence-corrected chi connectivity index (χ0v) is 17.1. The summed E-state index contributed by atoms with van der Waals surface area (Å²) in [7, 11) is 1.52. The van der Waals surface area contributed by atoms with Crippen LogP contribution in [0.3, 0.4) is 0 Å². The number of benzene rings is 1. The zero-order valence-electron chi connectivity index (χ0n) is 17.1. The van der Waals surface area contributed by atoms with Gasteiger partial charge < -0.3 is 14.4 Å². The molecule has 0 aliphatic carbocycles. The molecule has 1 aromatic carbocycles. The fourth-order valence-corrected chi connectivity index (χ4v) is 3.41. The van der Waals surface area contributed by atoms with E-state index in [1.807, 2.05) is 6.92 Å². The van der Waals surface area contributed by atoms with Crippen LogP contribution in [0.5, 0.6) is 5.88 Å². The molecule has 1 aliphatic heterocycles. The molecule has 2 aromatic rings. The molecule has 1 aliphatic rings. The van der Waals surface area contributed by atoms with E-state index < -0.39 is 29.2 Å². The van der Waals surface area contributed by atoms with Crippen LogP contribution < -0.4 is 9.64 Å². The van der Waals surface area contributed by atoms with Gasteiger partial charge in [-0.2, -0.15) is 31.3 Å². The Kier molecular flexibility index (Phi) is 6.35. The van der Waals surface area contributed by atoms with Gasteiger partial charge in [-0.1, -0.05) is 6.92 Å². The summed E-state index contributed by atoms with van der Waals surface area (Å²) in [4.78, 5) is 9.79. The van der Waals surface area contributed by atoms with E-state index in [9.17, 15) is 26.3 Å². The van der Waals surface area contributed by atoms with Gasteiger partial charge in [-0.25, -0.2) is 4.98 Å². The van der Waals surface area contributed by atoms with Gasteiger partial charge in [0.1, 0.15) is 17.7 Å². The van der Waals surface area contributed by atoms with Crippen LogP contribution in [-0.2, 0) is 23.5 Å². The number of ether oxygens (including phenoxy) is 2. The lowest BCUT2D eigenvalue weighted by atomic mass is 10.1. The molecule has 1 atom stereocenters. The third kappa shape index (κ3) is 4.86. The molecule has 170 valence electrons. The maximum absolute atomic E-state index is 13.6. The average molecular weight is 449 g/mol. The van der Waals surface area contributed by atoms with Crippen molar-refractivity contribution < 1.29 is 35.8 Å². The Labute approximate surface area is 175 Å². The van der Waals surface area contributed by atoms with E-state index in [4.69, 9.17) is 9.47 Å². The van der Waals surface area contributed by atoms with Gasteiger partial charge in [0, 0.05) is 13.7 Å². The van der Waals surface area contributed by atoms with Crippen molar-refractivity contribution in [1.29, 1.82) is 0 Å². The molecule has 0 radical (unpaired) electrons. The minimum atomic E-state index is -4.98. The number of halogens is 6. The monoisotopic (exact) mass is 449 g/mol. The van der Waals surface area contributed by atoms with Crippen LogP contribution in [0.1, 0.15) is 35.9 Å². The van der Waals surface area contributed by atoms with Crippen molar-refractivity contribution in [2.45, 2.75) is 45.1 Å². The van der Waals surface area contributed by atoms with Gasteiger partial charge in [0.25, 0.3) is 0 Å². The van der Waals surface area contributed by atoms with Gasteiger partial charge in [-0.15, -0.1) is 0 Å². The second kappa shape index (κ2) is 8.52. The largest absolute Gasteiger partial charge is 0.472 e. The lowest BCUT2D eigenvalue weighted by Gasteiger charge is -2.24. The van der Waals surface area contributed by atoms with Crippen molar-refractivity contribution in [3.05, 3.63) is 40.7 Å². The molecule has 0 amide bonds. The third-order valence-electron chi connectivity index (χ3n) is 4.91. The van der Waals surface area contributed by atoms with Crippen molar-refractivity contribution in [3.8, 4) is 5.88 Å². The number of methoxy groups -OCH3 is 1. The molecule has 0 fully saturated rings. The summed E-state index contributed by atoms with van der Waals surface area (Å²) in [6.07, 6.45) is -9.28. The van der Waals surface area contributed by atoms with Crippen molar-refractivity contribution in [1.82, 2.24) is 9.97 Å². The maximum Gasteiger partial charge on any atom is 0.418 e. The highest BCUT2D eigenvalue weighted by Gasteiger charge is 2.41. The Hall–Kier alpha value is -2.56. The van der Waals surface area contributed by atoms with Gasteiger partial charge in [0.15, 0.2) is 0 Å². The highest BCUT2D eigenvalue weighted by Crippen LogP contribution is 2.45. The lowest BCUT2D eigenvalue weighted by molar-refractivity contribution is -0.142. The van der Waals surface area contributed by atoms with Crippen LogP contribution in [0, 0.1) is 6.92 Å².